The van der Waals surface area contributed by atoms with Gasteiger partial charge in [0.2, 0.25) is 11.8 Å². The third kappa shape index (κ3) is 8.92. The summed E-state index contributed by atoms with van der Waals surface area (Å²) in [5.74, 6) is 2.17. The molecule has 60 heavy (non-hydrogen) atoms. The number of carbonyl (C=O) groups excluding carboxylic acids is 4. The monoisotopic (exact) mass is 818 g/mol. The number of benzene rings is 3. The highest BCUT2D eigenvalue weighted by atomic mass is 16.5. The quantitative estimate of drug-likeness (QED) is 0.0840. The first kappa shape index (κ1) is 41.3. The maximum absolute atomic E-state index is 14.0. The molecule has 314 valence electrons. The molecule has 0 saturated heterocycles. The third-order valence-corrected chi connectivity index (χ3v) is 10.9. The van der Waals surface area contributed by atoms with Crippen molar-refractivity contribution in [2.45, 2.75) is 78.4 Å². The Morgan fingerprint density at radius 1 is 0.817 bits per heavy atom. The molecule has 3 aromatic carbocycles. The summed E-state index contributed by atoms with van der Waals surface area (Å²) in [6, 6.07) is 16.2. The van der Waals surface area contributed by atoms with Crippen molar-refractivity contribution in [3.63, 3.8) is 0 Å². The molecule has 0 fully saturated rings. The molecule has 0 bridgehead atoms. The molecule has 2 aliphatic rings. The Kier molecular flexibility index (Phi) is 12.7. The van der Waals surface area contributed by atoms with Gasteiger partial charge in [-0.1, -0.05) is 50.6 Å². The zero-order valence-electron chi connectivity index (χ0n) is 34.4. The summed E-state index contributed by atoms with van der Waals surface area (Å²) >= 11 is 0. The van der Waals surface area contributed by atoms with Gasteiger partial charge >= 0.3 is 12.2 Å². The second-order valence-corrected chi connectivity index (χ2v) is 14.8. The molecular formula is C44H50N8O8. The van der Waals surface area contributed by atoms with Gasteiger partial charge in [0.1, 0.15) is 48.9 Å². The van der Waals surface area contributed by atoms with E-state index in [0.717, 1.165) is 75.5 Å². The van der Waals surface area contributed by atoms with Gasteiger partial charge in [0.05, 0.1) is 51.1 Å². The van der Waals surface area contributed by atoms with Crippen LogP contribution in [-0.4, -0.2) is 87.1 Å². The van der Waals surface area contributed by atoms with Gasteiger partial charge in [0, 0.05) is 46.0 Å². The lowest BCUT2D eigenvalue weighted by atomic mass is 9.87. The molecule has 0 aliphatic carbocycles. The molecule has 2 aliphatic heterocycles. The van der Waals surface area contributed by atoms with Crippen molar-refractivity contribution in [1.82, 2.24) is 40.4 Å². The van der Waals surface area contributed by atoms with Gasteiger partial charge in [0.25, 0.3) is 0 Å². The van der Waals surface area contributed by atoms with Crippen LogP contribution in [0.2, 0.25) is 0 Å². The van der Waals surface area contributed by atoms with Gasteiger partial charge in [-0.2, -0.15) is 0 Å². The average molecular weight is 819 g/mol. The number of amides is 4. The minimum absolute atomic E-state index is 0.0811. The van der Waals surface area contributed by atoms with Gasteiger partial charge in [-0.3, -0.25) is 9.59 Å². The summed E-state index contributed by atoms with van der Waals surface area (Å²) in [6.45, 7) is 7.41. The van der Waals surface area contributed by atoms with E-state index >= 15 is 0 Å². The number of aromatic nitrogens is 4. The molecule has 0 saturated carbocycles. The molecule has 16 heteroatoms. The Bertz CT molecular complexity index is 2310. The van der Waals surface area contributed by atoms with Gasteiger partial charge in [-0.15, -0.1) is 0 Å². The number of rotatable bonds is 16. The first-order chi connectivity index (χ1) is 29.1. The lowest BCUT2D eigenvalue weighted by Gasteiger charge is -2.30. The Hall–Kier alpha value is -6.84. The number of imidazole rings is 2. The number of ether oxygens (including phenoxy) is 4. The molecule has 4 amide bonds. The maximum Gasteiger partial charge on any atom is 0.407 e. The van der Waals surface area contributed by atoms with Crippen molar-refractivity contribution < 1.29 is 38.1 Å². The molecule has 2 aromatic heterocycles. The largest absolute Gasteiger partial charge is 0.488 e. The second kappa shape index (κ2) is 18.4. The molecular weight excluding hydrogens is 769 g/mol. The summed E-state index contributed by atoms with van der Waals surface area (Å²) in [6.07, 6.45) is 4.52. The number of unbranched alkanes of at least 4 members (excludes halogenated alkanes) is 1. The normalized spacial score (nSPS) is 13.2. The fourth-order valence-corrected chi connectivity index (χ4v) is 7.45. The summed E-state index contributed by atoms with van der Waals surface area (Å²) in [5.41, 5.74) is 7.84. The predicted molar refractivity (Wildman–Crippen MR) is 221 cm³/mol. The van der Waals surface area contributed by atoms with Crippen LogP contribution in [0.4, 0.5) is 9.59 Å². The number of alkyl carbamates (subject to hydrolysis) is 2. The highest BCUT2D eigenvalue weighted by Crippen LogP contribution is 2.50. The Balaban J connectivity index is 1.09. The summed E-state index contributed by atoms with van der Waals surface area (Å²) in [7, 11) is 2.52. The smallest absolute Gasteiger partial charge is 0.407 e. The number of methoxy groups -OCH3 is 2. The van der Waals surface area contributed by atoms with Crippen LogP contribution in [0.5, 0.6) is 11.5 Å². The minimum atomic E-state index is -0.927. The fraction of sp³-hybridized carbons (Fsp3) is 0.364. The standard InChI is InChI=1S/C44H50N8O8/c1-6-8-14-51(42(54)41(50-44(56)58-5)27-12-10-9-11-13-27)22-36-45-19-32(48-36)28-15-30-24-60-35-18-29(16-31-25-59-34(17-28)39(30)40(31)35)33-20-46-37(49-33)23-52(26(3)7-2)38(53)21-47-43(55)57-4/h9-13,15-20,26,41H,6-8,14,21-25H2,1-5H3,(H,45,48)(H,46,49)(H,47,55)(H,50,56)/t26-,41+/m0/s1. The van der Waals surface area contributed by atoms with E-state index in [2.05, 4.69) is 54.4 Å². The van der Waals surface area contributed by atoms with Crippen LogP contribution < -0.4 is 20.1 Å². The Morgan fingerprint density at radius 2 is 1.40 bits per heavy atom. The van der Waals surface area contributed by atoms with E-state index in [9.17, 15) is 19.2 Å². The number of nitrogens with one attached hydrogen (secondary N) is 4. The molecule has 0 radical (unpaired) electrons. The van der Waals surface area contributed by atoms with Crippen molar-refractivity contribution in [3.8, 4) is 45.1 Å². The van der Waals surface area contributed by atoms with Crippen LogP contribution in [0.3, 0.4) is 0 Å². The summed E-state index contributed by atoms with van der Waals surface area (Å²) < 4.78 is 22.3. The van der Waals surface area contributed by atoms with E-state index in [1.54, 1.807) is 34.3 Å². The van der Waals surface area contributed by atoms with Gasteiger partial charge in [-0.25, -0.2) is 19.6 Å². The van der Waals surface area contributed by atoms with Crippen molar-refractivity contribution in [2.75, 3.05) is 27.3 Å². The zero-order valence-corrected chi connectivity index (χ0v) is 34.4. The van der Waals surface area contributed by atoms with Crippen molar-refractivity contribution in [1.29, 1.82) is 0 Å². The van der Waals surface area contributed by atoms with Gasteiger partial charge in [-0.05, 0) is 49.6 Å². The molecule has 7 rings (SSSR count). The molecule has 0 unspecified atom stereocenters. The van der Waals surface area contributed by atoms with Crippen LogP contribution in [-0.2, 0) is 45.4 Å². The molecule has 5 aromatic rings. The maximum atomic E-state index is 14.0. The van der Waals surface area contributed by atoms with Crippen molar-refractivity contribution >= 4 is 24.0 Å². The van der Waals surface area contributed by atoms with Crippen LogP contribution in [0, 0.1) is 0 Å². The molecule has 16 nitrogen and oxygen atoms in total. The number of carbonyl (C=O) groups is 4. The van der Waals surface area contributed by atoms with E-state index < -0.39 is 18.2 Å². The van der Waals surface area contributed by atoms with E-state index in [0.29, 0.717) is 37.0 Å². The number of hydrogen-bond donors (Lipinski definition) is 4. The summed E-state index contributed by atoms with van der Waals surface area (Å²) in [4.78, 5) is 70.4. The Morgan fingerprint density at radius 3 is 1.95 bits per heavy atom. The first-order valence-corrected chi connectivity index (χ1v) is 20.1. The van der Waals surface area contributed by atoms with Gasteiger partial charge < -0.3 is 49.3 Å². The topological polar surface area (TPSA) is 193 Å². The van der Waals surface area contributed by atoms with E-state index in [4.69, 9.17) is 14.2 Å². The fourth-order valence-electron chi connectivity index (χ4n) is 7.45. The highest BCUT2D eigenvalue weighted by molar-refractivity contribution is 5.89. The van der Waals surface area contributed by atoms with Crippen LogP contribution in [0.15, 0.2) is 67.0 Å². The number of nitrogens with zero attached hydrogens (tertiary/aromatic N) is 4. The second-order valence-electron chi connectivity index (χ2n) is 14.8. The number of aromatic amines is 2. The molecule has 4 heterocycles. The number of H-pyrrole nitrogens is 2. The first-order valence-electron chi connectivity index (χ1n) is 20.1. The predicted octanol–water partition coefficient (Wildman–Crippen LogP) is 6.63. The average Bonchev–Trinajstić information content (AvgIpc) is 3.96. The molecule has 4 N–H and O–H groups in total. The highest BCUT2D eigenvalue weighted by Gasteiger charge is 2.32. The zero-order chi connectivity index (χ0) is 42.3. The van der Waals surface area contributed by atoms with Crippen LogP contribution in [0.1, 0.15) is 74.4 Å². The third-order valence-electron chi connectivity index (χ3n) is 10.9. The van der Waals surface area contributed by atoms with Gasteiger partial charge in [0.15, 0.2) is 0 Å². The van der Waals surface area contributed by atoms with Crippen molar-refractivity contribution in [2.24, 2.45) is 0 Å². The Labute approximate surface area is 348 Å². The lowest BCUT2D eigenvalue weighted by molar-refractivity contribution is -0.134. The van der Waals surface area contributed by atoms with Crippen molar-refractivity contribution in [3.05, 3.63) is 95.3 Å². The number of hydrogen-bond acceptors (Lipinski definition) is 10. The summed E-state index contributed by atoms with van der Waals surface area (Å²) in [5, 5.41) is 5.17. The van der Waals surface area contributed by atoms with E-state index in [1.807, 2.05) is 44.2 Å². The van der Waals surface area contributed by atoms with Crippen LogP contribution in [0.25, 0.3) is 33.6 Å². The SMILES string of the molecule is CCCCN(Cc1ncc(-c2cc3c4c(c2)OCc2cc(-c5cnc(CN(C(=O)CNC(=O)OC)[C@@H](C)CC)[nH]5)cc(c2-4)OC3)[nH]1)C(=O)[C@H](NC(=O)OC)c1ccccc1. The van der Waals surface area contributed by atoms with E-state index in [-0.39, 0.29) is 37.5 Å². The van der Waals surface area contributed by atoms with Crippen LogP contribution >= 0.6 is 0 Å². The minimum Gasteiger partial charge on any atom is -0.488 e. The van der Waals surface area contributed by atoms with E-state index in [1.165, 1.54) is 14.2 Å². The molecule has 0 spiro atoms. The molecule has 2 atom stereocenters. The lowest BCUT2D eigenvalue weighted by Crippen LogP contribution is -2.44.